The highest BCUT2D eigenvalue weighted by atomic mass is 79.9. The molecule has 1 aromatic carbocycles. The standard InChI is InChI=1S/C11H9BrN2O2/c12-8-3-1-2-7(4-8)10-5-9(13-14-10)6-11(15)16/h1-5H,6H2,(H,13,14)(H,15,16). The minimum atomic E-state index is -0.871. The van der Waals surface area contributed by atoms with Crippen molar-refractivity contribution in [3.05, 3.63) is 40.5 Å². The van der Waals surface area contributed by atoms with Crippen molar-refractivity contribution in [3.63, 3.8) is 0 Å². The first-order chi connectivity index (χ1) is 7.65. The van der Waals surface area contributed by atoms with Gasteiger partial charge in [0.15, 0.2) is 0 Å². The molecule has 0 spiro atoms. The van der Waals surface area contributed by atoms with Crippen LogP contribution in [-0.4, -0.2) is 21.3 Å². The lowest BCUT2D eigenvalue weighted by atomic mass is 10.1. The number of aliphatic carboxylic acids is 1. The number of hydrogen-bond donors (Lipinski definition) is 2. The van der Waals surface area contributed by atoms with E-state index >= 15 is 0 Å². The van der Waals surface area contributed by atoms with E-state index in [0.717, 1.165) is 15.7 Å². The average Bonchev–Trinajstić information content (AvgIpc) is 2.65. The number of nitrogens with one attached hydrogen (secondary N) is 1. The number of carboxylic acid groups (broad SMARTS) is 1. The van der Waals surface area contributed by atoms with Crippen molar-refractivity contribution in [3.8, 4) is 11.3 Å². The van der Waals surface area contributed by atoms with Crippen molar-refractivity contribution in [2.75, 3.05) is 0 Å². The maximum Gasteiger partial charge on any atom is 0.309 e. The molecule has 5 heteroatoms. The largest absolute Gasteiger partial charge is 0.481 e. The van der Waals surface area contributed by atoms with Gasteiger partial charge in [-0.25, -0.2) is 0 Å². The lowest BCUT2D eigenvalue weighted by Gasteiger charge is -1.95. The number of H-pyrrole nitrogens is 1. The first kappa shape index (κ1) is 10.9. The Bertz CT molecular complexity index is 522. The zero-order valence-electron chi connectivity index (χ0n) is 8.27. The Morgan fingerprint density at radius 1 is 1.44 bits per heavy atom. The van der Waals surface area contributed by atoms with Crippen LogP contribution < -0.4 is 0 Å². The van der Waals surface area contributed by atoms with Crippen LogP contribution >= 0.6 is 15.9 Å². The van der Waals surface area contributed by atoms with Crippen LogP contribution in [0.5, 0.6) is 0 Å². The van der Waals surface area contributed by atoms with Gasteiger partial charge in [-0.2, -0.15) is 5.10 Å². The smallest absolute Gasteiger partial charge is 0.309 e. The summed E-state index contributed by atoms with van der Waals surface area (Å²) in [6.45, 7) is 0. The summed E-state index contributed by atoms with van der Waals surface area (Å²) in [7, 11) is 0. The van der Waals surface area contributed by atoms with E-state index < -0.39 is 5.97 Å². The lowest BCUT2D eigenvalue weighted by molar-refractivity contribution is -0.136. The number of aromatic amines is 1. The molecule has 0 radical (unpaired) electrons. The second kappa shape index (κ2) is 4.49. The SMILES string of the molecule is O=C(O)Cc1cc(-c2cccc(Br)c2)n[nH]1. The molecule has 2 aromatic rings. The lowest BCUT2D eigenvalue weighted by Crippen LogP contribution is -1.99. The Balaban J connectivity index is 2.28. The summed E-state index contributed by atoms with van der Waals surface area (Å²) >= 11 is 3.37. The molecule has 1 aromatic heterocycles. The fourth-order valence-electron chi connectivity index (χ4n) is 1.41. The monoisotopic (exact) mass is 280 g/mol. The summed E-state index contributed by atoms with van der Waals surface area (Å²) in [5.74, 6) is -0.871. The van der Waals surface area contributed by atoms with E-state index in [-0.39, 0.29) is 6.42 Å². The minimum absolute atomic E-state index is 0.0407. The van der Waals surface area contributed by atoms with Crippen LogP contribution in [0.3, 0.4) is 0 Å². The van der Waals surface area contributed by atoms with Gasteiger partial charge in [-0.1, -0.05) is 28.1 Å². The molecular weight excluding hydrogens is 272 g/mol. The quantitative estimate of drug-likeness (QED) is 0.908. The van der Waals surface area contributed by atoms with E-state index in [1.807, 2.05) is 24.3 Å². The molecular formula is C11H9BrN2O2. The van der Waals surface area contributed by atoms with E-state index in [2.05, 4.69) is 26.1 Å². The van der Waals surface area contributed by atoms with Gasteiger partial charge in [0.25, 0.3) is 0 Å². The third-order valence-electron chi connectivity index (χ3n) is 2.09. The van der Waals surface area contributed by atoms with Gasteiger partial charge in [-0.05, 0) is 18.2 Å². The predicted octanol–water partition coefficient (Wildman–Crippen LogP) is 2.47. The number of carboxylic acids is 1. The van der Waals surface area contributed by atoms with Gasteiger partial charge in [0.1, 0.15) is 0 Å². The van der Waals surface area contributed by atoms with Crippen molar-refractivity contribution >= 4 is 21.9 Å². The van der Waals surface area contributed by atoms with Crippen molar-refractivity contribution in [2.24, 2.45) is 0 Å². The van der Waals surface area contributed by atoms with Crippen molar-refractivity contribution in [2.45, 2.75) is 6.42 Å². The first-order valence-corrected chi connectivity index (χ1v) is 5.46. The highest BCUT2D eigenvalue weighted by molar-refractivity contribution is 9.10. The summed E-state index contributed by atoms with van der Waals surface area (Å²) < 4.78 is 0.966. The van der Waals surface area contributed by atoms with Crippen LogP contribution in [-0.2, 0) is 11.2 Å². The van der Waals surface area contributed by atoms with E-state index in [4.69, 9.17) is 5.11 Å². The van der Waals surface area contributed by atoms with Gasteiger partial charge < -0.3 is 5.11 Å². The van der Waals surface area contributed by atoms with Gasteiger partial charge in [-0.15, -0.1) is 0 Å². The molecule has 0 saturated carbocycles. The molecule has 16 heavy (non-hydrogen) atoms. The second-order valence-corrected chi connectivity index (χ2v) is 4.27. The summed E-state index contributed by atoms with van der Waals surface area (Å²) in [6.07, 6.45) is -0.0407. The van der Waals surface area contributed by atoms with E-state index in [1.54, 1.807) is 6.07 Å². The average molecular weight is 281 g/mol. The number of aromatic nitrogens is 2. The van der Waals surface area contributed by atoms with Crippen LogP contribution in [0.15, 0.2) is 34.8 Å². The van der Waals surface area contributed by atoms with Gasteiger partial charge in [0.2, 0.25) is 0 Å². The molecule has 0 aliphatic carbocycles. The Morgan fingerprint density at radius 2 is 2.25 bits per heavy atom. The fourth-order valence-corrected chi connectivity index (χ4v) is 1.81. The molecule has 0 fully saturated rings. The van der Waals surface area contributed by atoms with Crippen molar-refractivity contribution in [1.82, 2.24) is 10.2 Å². The molecule has 0 amide bonds. The molecule has 0 saturated heterocycles. The van der Waals surface area contributed by atoms with Crippen LogP contribution in [0.1, 0.15) is 5.69 Å². The molecule has 2 rings (SSSR count). The molecule has 4 nitrogen and oxygen atoms in total. The summed E-state index contributed by atoms with van der Waals surface area (Å²) in [6, 6.07) is 9.43. The maximum absolute atomic E-state index is 10.5. The van der Waals surface area contributed by atoms with Crippen LogP contribution in [0.4, 0.5) is 0 Å². The zero-order chi connectivity index (χ0) is 11.5. The number of nitrogens with zero attached hydrogens (tertiary/aromatic N) is 1. The van der Waals surface area contributed by atoms with Crippen LogP contribution in [0, 0.1) is 0 Å². The maximum atomic E-state index is 10.5. The third kappa shape index (κ3) is 2.49. The van der Waals surface area contributed by atoms with Crippen molar-refractivity contribution in [1.29, 1.82) is 0 Å². The molecule has 82 valence electrons. The van der Waals surface area contributed by atoms with Crippen molar-refractivity contribution < 1.29 is 9.90 Å². The summed E-state index contributed by atoms with van der Waals surface area (Å²) in [4.78, 5) is 10.5. The fraction of sp³-hybridized carbons (Fsp3) is 0.0909. The zero-order valence-corrected chi connectivity index (χ0v) is 9.86. The molecule has 0 atom stereocenters. The Labute approximate surface area is 100 Å². The second-order valence-electron chi connectivity index (χ2n) is 3.36. The van der Waals surface area contributed by atoms with E-state index in [9.17, 15) is 4.79 Å². The van der Waals surface area contributed by atoms with Gasteiger partial charge in [0.05, 0.1) is 12.1 Å². The highest BCUT2D eigenvalue weighted by Gasteiger charge is 2.06. The molecule has 0 unspecified atom stereocenters. The van der Waals surface area contributed by atoms with E-state index in [0.29, 0.717) is 5.69 Å². The highest BCUT2D eigenvalue weighted by Crippen LogP contribution is 2.21. The molecule has 0 aliphatic rings. The Morgan fingerprint density at radius 3 is 2.94 bits per heavy atom. The van der Waals surface area contributed by atoms with Gasteiger partial charge in [-0.3, -0.25) is 9.89 Å². The number of hydrogen-bond acceptors (Lipinski definition) is 2. The first-order valence-electron chi connectivity index (χ1n) is 4.67. The topological polar surface area (TPSA) is 66.0 Å². The third-order valence-corrected chi connectivity index (χ3v) is 2.59. The van der Waals surface area contributed by atoms with Gasteiger partial charge >= 0.3 is 5.97 Å². The van der Waals surface area contributed by atoms with Crippen LogP contribution in [0.25, 0.3) is 11.3 Å². The number of halogens is 1. The molecule has 0 bridgehead atoms. The molecule has 1 heterocycles. The van der Waals surface area contributed by atoms with E-state index in [1.165, 1.54) is 0 Å². The number of rotatable bonds is 3. The van der Waals surface area contributed by atoms with Crippen LogP contribution in [0.2, 0.25) is 0 Å². The Kier molecular flexibility index (Phi) is 3.05. The summed E-state index contributed by atoms with van der Waals surface area (Å²) in [5, 5.41) is 15.4. The Hall–Kier alpha value is -1.62. The number of carbonyl (C=O) groups is 1. The molecule has 0 aliphatic heterocycles. The van der Waals surface area contributed by atoms with Gasteiger partial charge in [0, 0.05) is 15.7 Å². The normalized spacial score (nSPS) is 10.3. The predicted molar refractivity (Wildman–Crippen MR) is 63.1 cm³/mol. The minimum Gasteiger partial charge on any atom is -0.481 e. The summed E-state index contributed by atoms with van der Waals surface area (Å²) in [5.41, 5.74) is 2.29. The number of benzene rings is 1. The molecule has 2 N–H and O–H groups in total.